The van der Waals surface area contributed by atoms with E-state index in [2.05, 4.69) is 5.32 Å². The van der Waals surface area contributed by atoms with Gasteiger partial charge in [0.2, 0.25) is 15.9 Å². The Morgan fingerprint density at radius 2 is 1.79 bits per heavy atom. The topological polar surface area (TPSA) is 66.5 Å². The fourth-order valence-electron chi connectivity index (χ4n) is 2.79. The molecule has 5 nitrogen and oxygen atoms in total. The van der Waals surface area contributed by atoms with Crippen LogP contribution in [0.3, 0.4) is 0 Å². The van der Waals surface area contributed by atoms with Crippen LogP contribution in [0.2, 0.25) is 0 Å². The second kappa shape index (κ2) is 8.86. The molecule has 29 heavy (non-hydrogen) atoms. The van der Waals surface area contributed by atoms with E-state index in [1.807, 2.05) is 32.0 Å². The van der Waals surface area contributed by atoms with Crippen molar-refractivity contribution in [2.24, 2.45) is 0 Å². The number of benzene rings is 2. The molecule has 158 valence electrons. The molecule has 0 radical (unpaired) electrons. The summed E-state index contributed by atoms with van der Waals surface area (Å²) in [5.41, 5.74) is 1.53. The molecule has 0 spiro atoms. The summed E-state index contributed by atoms with van der Waals surface area (Å²) in [7, 11) is -3.82. The molecule has 0 unspecified atom stereocenters. The number of sulfonamides is 1. The molecule has 0 atom stereocenters. The Kier molecular flexibility index (Phi) is 6.94. The third-order valence-corrected chi connectivity index (χ3v) is 5.49. The predicted molar refractivity (Wildman–Crippen MR) is 107 cm³/mol. The van der Waals surface area contributed by atoms with Crippen molar-refractivity contribution in [3.63, 3.8) is 0 Å². The molecular weight excluding hydrogens is 405 g/mol. The molecule has 9 heteroatoms. The second-order valence-electron chi connectivity index (χ2n) is 6.85. The van der Waals surface area contributed by atoms with Crippen LogP contribution in [-0.4, -0.2) is 27.1 Å². The molecule has 0 saturated carbocycles. The van der Waals surface area contributed by atoms with Gasteiger partial charge in [-0.2, -0.15) is 13.2 Å². The van der Waals surface area contributed by atoms with Crippen molar-refractivity contribution in [3.8, 4) is 0 Å². The molecular formula is C20H23F3N2O3S. The average molecular weight is 428 g/mol. The number of hydrogen-bond donors (Lipinski definition) is 1. The summed E-state index contributed by atoms with van der Waals surface area (Å²) in [6.45, 7) is 3.64. The molecule has 2 aromatic rings. The van der Waals surface area contributed by atoms with E-state index < -0.39 is 21.8 Å². The van der Waals surface area contributed by atoms with Crippen molar-refractivity contribution >= 4 is 27.3 Å². The number of carbonyl (C=O) groups excluding carboxylic acids is 1. The summed E-state index contributed by atoms with van der Waals surface area (Å²) in [5, 5.41) is 2.78. The standard InChI is InChI=1S/C20H23F3N2O3S/c1-14-9-10-15(2)18(12-14)24-19(26)8-5-11-25(29(3,27)28)17-7-4-6-16(13-17)20(21,22)23/h4,6-7,9-10,12-13H,5,8,11H2,1-3H3,(H,24,26). The zero-order valence-electron chi connectivity index (χ0n) is 16.4. The van der Waals surface area contributed by atoms with Gasteiger partial charge in [0.05, 0.1) is 17.5 Å². The fraction of sp³-hybridized carbons (Fsp3) is 0.350. The Balaban J connectivity index is 2.07. The zero-order chi connectivity index (χ0) is 21.8. The van der Waals surface area contributed by atoms with E-state index in [-0.39, 0.29) is 31.0 Å². The highest BCUT2D eigenvalue weighted by Gasteiger charge is 2.31. The van der Waals surface area contributed by atoms with Crippen LogP contribution in [0, 0.1) is 13.8 Å². The van der Waals surface area contributed by atoms with E-state index in [0.29, 0.717) is 5.69 Å². The maximum Gasteiger partial charge on any atom is 0.416 e. The number of amides is 1. The van der Waals surface area contributed by atoms with Crippen LogP contribution in [-0.2, 0) is 21.0 Å². The van der Waals surface area contributed by atoms with Gasteiger partial charge in [-0.15, -0.1) is 0 Å². The predicted octanol–water partition coefficient (Wildman–Crippen LogP) is 4.51. The Morgan fingerprint density at radius 1 is 1.10 bits per heavy atom. The fourth-order valence-corrected chi connectivity index (χ4v) is 3.75. The first-order chi connectivity index (χ1) is 13.4. The minimum Gasteiger partial charge on any atom is -0.326 e. The van der Waals surface area contributed by atoms with Gasteiger partial charge in [0.25, 0.3) is 0 Å². The van der Waals surface area contributed by atoms with E-state index >= 15 is 0 Å². The van der Waals surface area contributed by atoms with Crippen LogP contribution in [0.4, 0.5) is 24.5 Å². The van der Waals surface area contributed by atoms with Crippen LogP contribution < -0.4 is 9.62 Å². The quantitative estimate of drug-likeness (QED) is 0.706. The number of halogens is 3. The summed E-state index contributed by atoms with van der Waals surface area (Å²) < 4.78 is 63.9. The lowest BCUT2D eigenvalue weighted by atomic mass is 10.1. The molecule has 0 aromatic heterocycles. The lowest BCUT2D eigenvalue weighted by Crippen LogP contribution is -2.31. The largest absolute Gasteiger partial charge is 0.416 e. The molecule has 0 saturated heterocycles. The van der Waals surface area contributed by atoms with Crippen LogP contribution in [0.1, 0.15) is 29.5 Å². The number of hydrogen-bond acceptors (Lipinski definition) is 3. The molecule has 2 aromatic carbocycles. The summed E-state index contributed by atoms with van der Waals surface area (Å²) in [5.74, 6) is -0.295. The lowest BCUT2D eigenvalue weighted by Gasteiger charge is -2.23. The van der Waals surface area contributed by atoms with Gasteiger partial charge >= 0.3 is 6.18 Å². The summed E-state index contributed by atoms with van der Waals surface area (Å²) in [6.07, 6.45) is -3.48. The summed E-state index contributed by atoms with van der Waals surface area (Å²) in [6, 6.07) is 9.75. The molecule has 0 bridgehead atoms. The molecule has 2 rings (SSSR count). The molecule has 1 N–H and O–H groups in total. The van der Waals surface area contributed by atoms with Gasteiger partial charge in [-0.25, -0.2) is 8.42 Å². The minimum atomic E-state index is -4.58. The number of alkyl halides is 3. The SMILES string of the molecule is Cc1ccc(C)c(NC(=O)CCCN(c2cccc(C(F)(F)F)c2)S(C)(=O)=O)c1. The van der Waals surface area contributed by atoms with Crippen LogP contribution in [0.5, 0.6) is 0 Å². The van der Waals surface area contributed by atoms with Crippen molar-refractivity contribution < 1.29 is 26.4 Å². The van der Waals surface area contributed by atoms with Gasteiger partial charge in [-0.3, -0.25) is 9.10 Å². The highest BCUT2D eigenvalue weighted by molar-refractivity contribution is 7.92. The van der Waals surface area contributed by atoms with Crippen molar-refractivity contribution in [1.29, 1.82) is 0 Å². The van der Waals surface area contributed by atoms with E-state index in [9.17, 15) is 26.4 Å². The average Bonchev–Trinajstić information content (AvgIpc) is 2.60. The number of rotatable bonds is 7. The van der Waals surface area contributed by atoms with Gasteiger partial charge in [-0.05, 0) is 55.7 Å². The van der Waals surface area contributed by atoms with Gasteiger partial charge in [0.1, 0.15) is 0 Å². The maximum absolute atomic E-state index is 12.9. The van der Waals surface area contributed by atoms with Crippen LogP contribution >= 0.6 is 0 Å². The second-order valence-corrected chi connectivity index (χ2v) is 8.76. The number of aryl methyl sites for hydroxylation is 2. The molecule has 0 aliphatic carbocycles. The molecule has 0 heterocycles. The Labute approximate surface area is 168 Å². The number of nitrogens with zero attached hydrogens (tertiary/aromatic N) is 1. The monoisotopic (exact) mass is 428 g/mol. The van der Waals surface area contributed by atoms with Crippen molar-refractivity contribution in [1.82, 2.24) is 0 Å². The molecule has 1 amide bonds. The van der Waals surface area contributed by atoms with Crippen LogP contribution in [0.15, 0.2) is 42.5 Å². The third-order valence-electron chi connectivity index (χ3n) is 4.29. The third kappa shape index (κ3) is 6.49. The first-order valence-electron chi connectivity index (χ1n) is 8.90. The van der Waals surface area contributed by atoms with E-state index in [0.717, 1.165) is 39.9 Å². The highest BCUT2D eigenvalue weighted by atomic mass is 32.2. The van der Waals surface area contributed by atoms with E-state index in [4.69, 9.17) is 0 Å². The maximum atomic E-state index is 12.9. The van der Waals surface area contributed by atoms with Crippen LogP contribution in [0.25, 0.3) is 0 Å². The van der Waals surface area contributed by atoms with Gasteiger partial charge in [0.15, 0.2) is 0 Å². The lowest BCUT2D eigenvalue weighted by molar-refractivity contribution is -0.137. The Bertz CT molecular complexity index is 989. The zero-order valence-corrected chi connectivity index (χ0v) is 17.2. The normalized spacial score (nSPS) is 11.9. The number of nitrogens with one attached hydrogen (secondary N) is 1. The van der Waals surface area contributed by atoms with E-state index in [1.54, 1.807) is 0 Å². The van der Waals surface area contributed by atoms with Crippen molar-refractivity contribution in [2.45, 2.75) is 32.9 Å². The smallest absolute Gasteiger partial charge is 0.326 e. The van der Waals surface area contributed by atoms with Crippen molar-refractivity contribution in [2.75, 3.05) is 22.4 Å². The summed E-state index contributed by atoms with van der Waals surface area (Å²) in [4.78, 5) is 12.2. The summed E-state index contributed by atoms with van der Waals surface area (Å²) >= 11 is 0. The molecule has 0 fully saturated rings. The Hall–Kier alpha value is -2.55. The molecule has 0 aliphatic rings. The van der Waals surface area contributed by atoms with E-state index in [1.165, 1.54) is 6.07 Å². The number of anilines is 2. The van der Waals surface area contributed by atoms with Crippen molar-refractivity contribution in [3.05, 3.63) is 59.2 Å². The van der Waals surface area contributed by atoms with Gasteiger partial charge < -0.3 is 5.32 Å². The number of carbonyl (C=O) groups is 1. The van der Waals surface area contributed by atoms with Gasteiger partial charge in [0, 0.05) is 18.7 Å². The minimum absolute atomic E-state index is 0.0262. The highest BCUT2D eigenvalue weighted by Crippen LogP contribution is 2.32. The first-order valence-corrected chi connectivity index (χ1v) is 10.7. The van der Waals surface area contributed by atoms with Gasteiger partial charge in [-0.1, -0.05) is 18.2 Å². The molecule has 0 aliphatic heterocycles. The first kappa shape index (κ1) is 22.7. The Morgan fingerprint density at radius 3 is 2.41 bits per heavy atom.